The Kier molecular flexibility index (Phi) is 4.97. The molecule has 1 aromatic rings. The zero-order valence-corrected chi connectivity index (χ0v) is 13.3. The fourth-order valence-electron chi connectivity index (χ4n) is 1.83. The molecule has 0 saturated carbocycles. The summed E-state index contributed by atoms with van der Waals surface area (Å²) in [6, 6.07) is 8.16. The van der Waals surface area contributed by atoms with Crippen molar-refractivity contribution in [1.82, 2.24) is 5.32 Å². The third-order valence-corrected chi connectivity index (χ3v) is 4.79. The second kappa shape index (κ2) is 5.87. The summed E-state index contributed by atoms with van der Waals surface area (Å²) in [5, 5.41) is 3.06. The lowest BCUT2D eigenvalue weighted by Gasteiger charge is -2.26. The molecule has 100 valence electrons. The van der Waals surface area contributed by atoms with Crippen molar-refractivity contribution in [1.29, 1.82) is 0 Å². The van der Waals surface area contributed by atoms with E-state index >= 15 is 0 Å². The molecule has 0 radical (unpaired) electrons. The van der Waals surface area contributed by atoms with Crippen molar-refractivity contribution in [2.24, 2.45) is 5.41 Å². The van der Waals surface area contributed by atoms with Crippen molar-refractivity contribution >= 4 is 21.8 Å². The first-order valence-electron chi connectivity index (χ1n) is 6.23. The number of halogens is 1. The van der Waals surface area contributed by atoms with Gasteiger partial charge >= 0.3 is 0 Å². The molecule has 0 fully saturated rings. The van der Waals surface area contributed by atoms with Crippen LogP contribution in [0, 0.1) is 12.3 Å². The van der Waals surface area contributed by atoms with Crippen LogP contribution in [0.3, 0.4) is 0 Å². The summed E-state index contributed by atoms with van der Waals surface area (Å²) in [5.74, 6) is 0.0400. The molecule has 0 aliphatic rings. The summed E-state index contributed by atoms with van der Waals surface area (Å²) in [4.78, 5) is 11.9. The fraction of sp³-hybridized carbons (Fsp3) is 0.533. The zero-order valence-electron chi connectivity index (χ0n) is 11.8. The van der Waals surface area contributed by atoms with Gasteiger partial charge in [0.2, 0.25) is 5.91 Å². The van der Waals surface area contributed by atoms with Crippen molar-refractivity contribution in [3.63, 3.8) is 0 Å². The molecule has 0 aliphatic heterocycles. The molecule has 0 aliphatic carbocycles. The van der Waals surface area contributed by atoms with Gasteiger partial charge in [-0.25, -0.2) is 0 Å². The van der Waals surface area contributed by atoms with Gasteiger partial charge in [-0.1, -0.05) is 61.0 Å². The Labute approximate surface area is 118 Å². The van der Waals surface area contributed by atoms with Gasteiger partial charge in [0.25, 0.3) is 0 Å². The predicted octanol–water partition coefficient (Wildman–Crippen LogP) is 3.98. The van der Waals surface area contributed by atoms with Crippen LogP contribution in [0.5, 0.6) is 0 Å². The maximum atomic E-state index is 12.1. The molecule has 0 aromatic heterocycles. The first-order valence-corrected chi connectivity index (χ1v) is 7.15. The Balaban J connectivity index is 2.75. The van der Waals surface area contributed by atoms with Crippen molar-refractivity contribution in [3.8, 4) is 0 Å². The third kappa shape index (κ3) is 3.84. The van der Waals surface area contributed by atoms with Crippen molar-refractivity contribution in [3.05, 3.63) is 35.4 Å². The van der Waals surface area contributed by atoms with Crippen LogP contribution in [0.1, 0.15) is 44.9 Å². The summed E-state index contributed by atoms with van der Waals surface area (Å²) >= 11 is 3.47. The number of rotatable bonds is 3. The van der Waals surface area contributed by atoms with Crippen LogP contribution in [0.2, 0.25) is 0 Å². The van der Waals surface area contributed by atoms with Gasteiger partial charge in [0.05, 0.1) is 10.9 Å². The van der Waals surface area contributed by atoms with Crippen molar-refractivity contribution < 1.29 is 4.79 Å². The maximum absolute atomic E-state index is 12.1. The number of amides is 1. The van der Waals surface area contributed by atoms with Gasteiger partial charge in [-0.3, -0.25) is 4.79 Å². The van der Waals surface area contributed by atoms with Crippen molar-refractivity contribution in [2.75, 3.05) is 0 Å². The van der Waals surface area contributed by atoms with E-state index in [1.54, 1.807) is 0 Å². The highest BCUT2D eigenvalue weighted by Gasteiger charge is 2.29. The maximum Gasteiger partial charge on any atom is 0.234 e. The second-order valence-corrected chi connectivity index (χ2v) is 6.73. The van der Waals surface area contributed by atoms with Crippen LogP contribution in [-0.2, 0) is 4.79 Å². The third-order valence-electron chi connectivity index (χ3n) is 3.00. The molecule has 3 heteroatoms. The Morgan fingerprint density at radius 1 is 1.28 bits per heavy atom. The topological polar surface area (TPSA) is 29.1 Å². The smallest absolute Gasteiger partial charge is 0.234 e. The van der Waals surface area contributed by atoms with Crippen LogP contribution >= 0.6 is 15.9 Å². The van der Waals surface area contributed by atoms with E-state index in [1.165, 1.54) is 11.1 Å². The van der Waals surface area contributed by atoms with Gasteiger partial charge in [-0.15, -0.1) is 0 Å². The van der Waals surface area contributed by atoms with E-state index in [-0.39, 0.29) is 22.2 Å². The minimum atomic E-state index is -0.184. The highest BCUT2D eigenvalue weighted by atomic mass is 79.9. The van der Waals surface area contributed by atoms with E-state index in [1.807, 2.05) is 39.8 Å². The van der Waals surface area contributed by atoms with E-state index in [9.17, 15) is 4.79 Å². The van der Waals surface area contributed by atoms with E-state index in [4.69, 9.17) is 0 Å². The molecule has 2 atom stereocenters. The number of hydrogen-bond donors (Lipinski definition) is 1. The normalized spacial score (nSPS) is 15.0. The van der Waals surface area contributed by atoms with Gasteiger partial charge in [-0.05, 0) is 30.4 Å². The monoisotopic (exact) mass is 311 g/mol. The summed E-state index contributed by atoms with van der Waals surface area (Å²) < 4.78 is 0. The van der Waals surface area contributed by atoms with Crippen LogP contribution in [0.4, 0.5) is 0 Å². The molecule has 0 spiro atoms. The highest BCUT2D eigenvalue weighted by molar-refractivity contribution is 9.10. The highest BCUT2D eigenvalue weighted by Crippen LogP contribution is 2.27. The van der Waals surface area contributed by atoms with Crippen LogP contribution in [0.25, 0.3) is 0 Å². The van der Waals surface area contributed by atoms with Crippen molar-refractivity contribution in [2.45, 2.75) is 45.5 Å². The number of carbonyl (C=O) groups excluding carboxylic acids is 1. The van der Waals surface area contributed by atoms with Gasteiger partial charge < -0.3 is 5.32 Å². The molecule has 1 aromatic carbocycles. The minimum Gasteiger partial charge on any atom is -0.349 e. The van der Waals surface area contributed by atoms with Gasteiger partial charge in [-0.2, -0.15) is 0 Å². The molecule has 1 N–H and O–H groups in total. The lowest BCUT2D eigenvalue weighted by molar-refractivity contribution is -0.122. The lowest BCUT2D eigenvalue weighted by Crippen LogP contribution is -2.39. The Morgan fingerprint density at radius 3 is 2.33 bits per heavy atom. The Hall–Kier alpha value is -0.830. The number of benzene rings is 1. The molecule has 18 heavy (non-hydrogen) atoms. The molecule has 0 bridgehead atoms. The summed E-state index contributed by atoms with van der Waals surface area (Å²) in [6.07, 6.45) is 0. The van der Waals surface area contributed by atoms with E-state index < -0.39 is 0 Å². The molecule has 2 nitrogen and oxygen atoms in total. The van der Waals surface area contributed by atoms with E-state index in [0.29, 0.717) is 0 Å². The summed E-state index contributed by atoms with van der Waals surface area (Å²) in [5.41, 5.74) is 2.28. The molecular weight excluding hydrogens is 290 g/mol. The number of carbonyl (C=O) groups is 1. The molecule has 0 heterocycles. The van der Waals surface area contributed by atoms with Gasteiger partial charge in [0.15, 0.2) is 0 Å². The first kappa shape index (κ1) is 15.2. The lowest BCUT2D eigenvalue weighted by atomic mass is 9.91. The average molecular weight is 312 g/mol. The largest absolute Gasteiger partial charge is 0.349 e. The molecular formula is C15H22BrNO. The standard InChI is InChI=1S/C15H22BrNO/c1-10-8-6-7-9-12(10)11(2)17-14(18)13(16)15(3,4)5/h6-9,11,13H,1-5H3,(H,17,18). The SMILES string of the molecule is Cc1ccccc1C(C)NC(=O)C(Br)C(C)(C)C. The van der Waals surface area contributed by atoms with Gasteiger partial charge in [0.1, 0.15) is 0 Å². The van der Waals surface area contributed by atoms with Crippen LogP contribution in [-0.4, -0.2) is 10.7 Å². The molecule has 1 amide bonds. The van der Waals surface area contributed by atoms with E-state index in [0.717, 1.165) is 0 Å². The first-order chi connectivity index (χ1) is 8.23. The predicted molar refractivity (Wildman–Crippen MR) is 79.9 cm³/mol. The number of alkyl halides is 1. The Morgan fingerprint density at radius 2 is 1.83 bits per heavy atom. The van der Waals surface area contributed by atoms with E-state index in [2.05, 4.69) is 40.3 Å². The quantitative estimate of drug-likeness (QED) is 0.840. The fourth-order valence-corrected chi connectivity index (χ4v) is 1.96. The average Bonchev–Trinajstić information content (AvgIpc) is 2.27. The summed E-state index contributed by atoms with van der Waals surface area (Å²) in [7, 11) is 0. The van der Waals surface area contributed by atoms with Crippen LogP contribution < -0.4 is 5.32 Å². The Bertz CT molecular complexity index is 423. The molecule has 2 unspecified atom stereocenters. The number of nitrogens with one attached hydrogen (secondary N) is 1. The van der Waals surface area contributed by atoms with Gasteiger partial charge in [0, 0.05) is 0 Å². The minimum absolute atomic E-state index is 0.0288. The second-order valence-electron chi connectivity index (χ2n) is 5.82. The molecule has 0 saturated heterocycles. The molecule has 1 rings (SSSR count). The zero-order chi connectivity index (χ0) is 13.9. The van der Waals surface area contributed by atoms with Crippen LogP contribution in [0.15, 0.2) is 24.3 Å². The number of hydrogen-bond acceptors (Lipinski definition) is 1. The number of aryl methyl sites for hydroxylation is 1. The summed E-state index contributed by atoms with van der Waals surface area (Å²) in [6.45, 7) is 10.2.